The van der Waals surface area contributed by atoms with E-state index < -0.39 is 0 Å². The summed E-state index contributed by atoms with van der Waals surface area (Å²) in [7, 11) is 0. The second-order valence-electron chi connectivity index (χ2n) is 8.76. The molecule has 0 fully saturated rings. The largest absolute Gasteiger partial charge is 0.321 e. The van der Waals surface area contributed by atoms with Gasteiger partial charge in [-0.1, -0.05) is 72.3 Å². The molecule has 5 aromatic rings. The standard InChI is InChI=1S/C30H21ClFN3O/c31-21-11-16-25-24(17-21)28(20-9-5-2-6-10-20)29(30(36)33-25)26-18-27(19-7-3-1-4-8-19)35(34-26)23-14-12-22(32)13-15-23/h1-17,27H,18H2,(H,33,36). The van der Waals surface area contributed by atoms with Gasteiger partial charge < -0.3 is 4.98 Å². The first-order valence-electron chi connectivity index (χ1n) is 11.7. The van der Waals surface area contributed by atoms with Crippen LogP contribution in [0.15, 0.2) is 113 Å². The first-order chi connectivity index (χ1) is 17.6. The lowest BCUT2D eigenvalue weighted by Gasteiger charge is -2.24. The summed E-state index contributed by atoms with van der Waals surface area (Å²) in [5, 5.41) is 8.28. The maximum atomic E-state index is 13.7. The van der Waals surface area contributed by atoms with Crippen LogP contribution >= 0.6 is 11.6 Å². The van der Waals surface area contributed by atoms with Crippen molar-refractivity contribution in [3.63, 3.8) is 0 Å². The molecule has 6 rings (SSSR count). The molecule has 6 heteroatoms. The highest BCUT2D eigenvalue weighted by atomic mass is 35.5. The summed E-state index contributed by atoms with van der Waals surface area (Å²) in [5.41, 5.74) is 5.18. The van der Waals surface area contributed by atoms with E-state index in [1.165, 1.54) is 12.1 Å². The normalized spacial score (nSPS) is 15.3. The van der Waals surface area contributed by atoms with Gasteiger partial charge in [-0.15, -0.1) is 0 Å². The predicted octanol–water partition coefficient (Wildman–Crippen LogP) is 7.34. The van der Waals surface area contributed by atoms with Gasteiger partial charge in [0, 0.05) is 27.9 Å². The van der Waals surface area contributed by atoms with Crippen molar-refractivity contribution in [1.82, 2.24) is 4.98 Å². The molecule has 4 aromatic carbocycles. The Morgan fingerprint density at radius 3 is 2.28 bits per heavy atom. The molecule has 1 atom stereocenters. The zero-order valence-electron chi connectivity index (χ0n) is 19.2. The van der Waals surface area contributed by atoms with Gasteiger partial charge in [0.2, 0.25) is 0 Å². The Hall–Kier alpha value is -4.22. The molecule has 1 aromatic heterocycles. The van der Waals surface area contributed by atoms with E-state index in [2.05, 4.69) is 4.98 Å². The van der Waals surface area contributed by atoms with Gasteiger partial charge >= 0.3 is 0 Å². The molecule has 176 valence electrons. The van der Waals surface area contributed by atoms with Gasteiger partial charge in [0.15, 0.2) is 0 Å². The van der Waals surface area contributed by atoms with E-state index >= 15 is 0 Å². The van der Waals surface area contributed by atoms with Crippen molar-refractivity contribution >= 4 is 33.9 Å². The topological polar surface area (TPSA) is 48.5 Å². The van der Waals surface area contributed by atoms with Crippen LogP contribution in [0.3, 0.4) is 0 Å². The highest BCUT2D eigenvalue weighted by Gasteiger charge is 2.33. The van der Waals surface area contributed by atoms with E-state index in [-0.39, 0.29) is 17.4 Å². The number of pyridine rings is 1. The first-order valence-corrected chi connectivity index (χ1v) is 12.0. The van der Waals surface area contributed by atoms with Crippen molar-refractivity contribution in [1.29, 1.82) is 0 Å². The Kier molecular flexibility index (Phi) is 5.62. The highest BCUT2D eigenvalue weighted by Crippen LogP contribution is 2.39. The van der Waals surface area contributed by atoms with Gasteiger partial charge in [-0.05, 0) is 53.6 Å². The maximum Gasteiger partial charge on any atom is 0.258 e. The van der Waals surface area contributed by atoms with Crippen molar-refractivity contribution in [2.75, 3.05) is 5.01 Å². The highest BCUT2D eigenvalue weighted by molar-refractivity contribution is 6.31. The van der Waals surface area contributed by atoms with Crippen molar-refractivity contribution < 1.29 is 4.39 Å². The molecule has 0 spiro atoms. The first kappa shape index (κ1) is 22.3. The number of anilines is 1. The smallest absolute Gasteiger partial charge is 0.258 e. The number of hydrazone groups is 1. The zero-order chi connectivity index (χ0) is 24.6. The molecular weight excluding hydrogens is 473 g/mol. The van der Waals surface area contributed by atoms with Crippen LogP contribution in [0, 0.1) is 5.82 Å². The summed E-state index contributed by atoms with van der Waals surface area (Å²) in [5.74, 6) is -0.312. The molecule has 1 N–H and O–H groups in total. The number of halogens is 2. The lowest BCUT2D eigenvalue weighted by atomic mass is 9.91. The number of nitrogens with zero attached hydrogens (tertiary/aromatic N) is 2. The summed E-state index contributed by atoms with van der Waals surface area (Å²) >= 11 is 6.39. The van der Waals surface area contributed by atoms with Gasteiger partial charge in [-0.3, -0.25) is 9.80 Å². The van der Waals surface area contributed by atoms with Crippen LogP contribution < -0.4 is 10.6 Å². The summed E-state index contributed by atoms with van der Waals surface area (Å²) in [6.07, 6.45) is 0.510. The Morgan fingerprint density at radius 1 is 0.861 bits per heavy atom. The molecule has 1 aliphatic heterocycles. The van der Waals surface area contributed by atoms with E-state index in [0.717, 1.165) is 27.8 Å². The Labute approximate surface area is 212 Å². The lowest BCUT2D eigenvalue weighted by molar-refractivity contribution is 0.626. The fourth-order valence-corrected chi connectivity index (χ4v) is 5.05. The monoisotopic (exact) mass is 493 g/mol. The van der Waals surface area contributed by atoms with Crippen LogP contribution in [0.4, 0.5) is 10.1 Å². The second-order valence-corrected chi connectivity index (χ2v) is 9.19. The molecule has 0 aliphatic carbocycles. The number of H-pyrrole nitrogens is 1. The van der Waals surface area contributed by atoms with E-state index in [0.29, 0.717) is 28.2 Å². The minimum Gasteiger partial charge on any atom is -0.321 e. The van der Waals surface area contributed by atoms with Crippen LogP contribution in [0.2, 0.25) is 5.02 Å². The van der Waals surface area contributed by atoms with Crippen LogP contribution in [0.5, 0.6) is 0 Å². The summed E-state index contributed by atoms with van der Waals surface area (Å²) < 4.78 is 13.7. The van der Waals surface area contributed by atoms with Crippen LogP contribution in [0.25, 0.3) is 22.0 Å². The summed E-state index contributed by atoms with van der Waals surface area (Å²) in [6, 6.07) is 31.4. The predicted molar refractivity (Wildman–Crippen MR) is 144 cm³/mol. The molecule has 0 saturated heterocycles. The van der Waals surface area contributed by atoms with E-state index in [4.69, 9.17) is 16.7 Å². The molecule has 0 bridgehead atoms. The van der Waals surface area contributed by atoms with Crippen LogP contribution in [-0.2, 0) is 0 Å². The average Bonchev–Trinajstić information content (AvgIpc) is 3.34. The average molecular weight is 494 g/mol. The molecular formula is C30H21ClFN3O. The summed E-state index contributed by atoms with van der Waals surface area (Å²) in [4.78, 5) is 16.6. The van der Waals surface area contributed by atoms with E-state index in [1.54, 1.807) is 18.2 Å². The number of hydrogen-bond donors (Lipinski definition) is 1. The lowest BCUT2D eigenvalue weighted by Crippen LogP contribution is -2.20. The minimum absolute atomic E-state index is 0.148. The van der Waals surface area contributed by atoms with Crippen LogP contribution in [-0.4, -0.2) is 10.7 Å². The number of benzene rings is 4. The van der Waals surface area contributed by atoms with E-state index in [1.807, 2.05) is 77.8 Å². The maximum absolute atomic E-state index is 13.7. The van der Waals surface area contributed by atoms with Gasteiger partial charge in [0.1, 0.15) is 5.82 Å². The Balaban J connectivity index is 1.59. The molecule has 1 unspecified atom stereocenters. The van der Waals surface area contributed by atoms with Gasteiger partial charge in [0.05, 0.1) is 23.0 Å². The van der Waals surface area contributed by atoms with Crippen molar-refractivity contribution in [2.45, 2.75) is 12.5 Å². The summed E-state index contributed by atoms with van der Waals surface area (Å²) in [6.45, 7) is 0. The number of aromatic amines is 1. The fourth-order valence-electron chi connectivity index (χ4n) is 4.87. The fraction of sp³-hybridized carbons (Fsp3) is 0.0667. The molecule has 0 radical (unpaired) electrons. The molecule has 2 heterocycles. The molecule has 0 saturated carbocycles. The molecule has 0 amide bonds. The van der Waals surface area contributed by atoms with Crippen molar-refractivity contribution in [3.05, 3.63) is 135 Å². The SMILES string of the molecule is O=c1[nH]c2ccc(Cl)cc2c(-c2ccccc2)c1C1=NN(c2ccc(F)cc2)C(c2ccccc2)C1. The second kappa shape index (κ2) is 9.10. The van der Waals surface area contributed by atoms with Gasteiger partial charge in [0.25, 0.3) is 5.56 Å². The number of aromatic nitrogens is 1. The van der Waals surface area contributed by atoms with Crippen molar-refractivity contribution in [3.8, 4) is 11.1 Å². The Bertz CT molecular complexity index is 1650. The van der Waals surface area contributed by atoms with E-state index in [9.17, 15) is 9.18 Å². The number of fused-ring (bicyclic) bond motifs is 1. The third-order valence-corrected chi connectivity index (χ3v) is 6.75. The van der Waals surface area contributed by atoms with Crippen molar-refractivity contribution in [2.24, 2.45) is 5.10 Å². The quantitative estimate of drug-likeness (QED) is 0.284. The van der Waals surface area contributed by atoms with Crippen LogP contribution in [0.1, 0.15) is 23.6 Å². The van der Waals surface area contributed by atoms with Gasteiger partial charge in [-0.2, -0.15) is 5.10 Å². The molecule has 4 nitrogen and oxygen atoms in total. The molecule has 36 heavy (non-hydrogen) atoms. The third kappa shape index (κ3) is 3.97. The third-order valence-electron chi connectivity index (χ3n) is 6.51. The number of nitrogens with one attached hydrogen (secondary N) is 1. The Morgan fingerprint density at radius 2 is 1.56 bits per heavy atom. The molecule has 1 aliphatic rings. The minimum atomic E-state index is -0.312. The van der Waals surface area contributed by atoms with Gasteiger partial charge in [-0.25, -0.2) is 4.39 Å². The zero-order valence-corrected chi connectivity index (χ0v) is 19.9. The number of rotatable bonds is 4. The number of hydrogen-bond acceptors (Lipinski definition) is 3.